The SMILES string of the molecule is CC(C)c1s/c(=N/S(=O)(=O)c2cc(Cl)ccc2C#N)n(C)c1Cl. The average molecular weight is 390 g/mol. The molecule has 0 aliphatic rings. The summed E-state index contributed by atoms with van der Waals surface area (Å²) in [4.78, 5) is 0.861. The van der Waals surface area contributed by atoms with E-state index in [4.69, 9.17) is 28.5 Å². The van der Waals surface area contributed by atoms with E-state index in [1.165, 1.54) is 34.1 Å². The summed E-state index contributed by atoms with van der Waals surface area (Å²) in [5.74, 6) is 0.145. The fraction of sp³-hybridized carbons (Fsp3) is 0.286. The molecule has 5 nitrogen and oxygen atoms in total. The minimum absolute atomic E-state index is 0.00691. The van der Waals surface area contributed by atoms with Crippen LogP contribution in [0.3, 0.4) is 0 Å². The molecule has 0 aliphatic carbocycles. The number of sulfonamides is 1. The Bertz CT molecular complexity index is 967. The van der Waals surface area contributed by atoms with Crippen molar-refractivity contribution in [2.45, 2.75) is 24.7 Å². The van der Waals surface area contributed by atoms with Crippen molar-refractivity contribution in [3.05, 3.63) is 43.6 Å². The highest BCUT2D eigenvalue weighted by atomic mass is 35.5. The molecule has 1 heterocycles. The van der Waals surface area contributed by atoms with Crippen molar-refractivity contribution < 1.29 is 8.42 Å². The Morgan fingerprint density at radius 1 is 1.35 bits per heavy atom. The second-order valence-electron chi connectivity index (χ2n) is 5.07. The molecule has 0 amide bonds. The maximum Gasteiger partial charge on any atom is 0.286 e. The zero-order valence-electron chi connectivity index (χ0n) is 12.5. The lowest BCUT2D eigenvalue weighted by Gasteiger charge is -2.02. The van der Waals surface area contributed by atoms with Gasteiger partial charge in [-0.2, -0.15) is 13.7 Å². The predicted octanol–water partition coefficient (Wildman–Crippen LogP) is 3.68. The summed E-state index contributed by atoms with van der Waals surface area (Å²) in [6.07, 6.45) is 0. The predicted molar refractivity (Wildman–Crippen MR) is 91.3 cm³/mol. The Hall–Kier alpha value is -1.33. The quantitative estimate of drug-likeness (QED) is 0.802. The van der Waals surface area contributed by atoms with Crippen LogP contribution < -0.4 is 4.80 Å². The van der Waals surface area contributed by atoms with Crippen LogP contribution in [0.1, 0.15) is 30.2 Å². The second kappa shape index (κ2) is 6.65. The van der Waals surface area contributed by atoms with Crippen LogP contribution in [0.25, 0.3) is 0 Å². The summed E-state index contributed by atoms with van der Waals surface area (Å²) < 4.78 is 30.4. The van der Waals surface area contributed by atoms with Gasteiger partial charge in [-0.3, -0.25) is 0 Å². The van der Waals surface area contributed by atoms with Gasteiger partial charge in [-0.1, -0.05) is 48.4 Å². The van der Waals surface area contributed by atoms with Gasteiger partial charge in [-0.25, -0.2) is 0 Å². The minimum Gasteiger partial charge on any atom is -0.310 e. The number of hydrogen-bond donors (Lipinski definition) is 0. The van der Waals surface area contributed by atoms with E-state index in [1.54, 1.807) is 7.05 Å². The topological polar surface area (TPSA) is 75.2 Å². The first-order valence-electron chi connectivity index (χ1n) is 6.53. The zero-order valence-corrected chi connectivity index (χ0v) is 15.7. The molecule has 2 aromatic rings. The Labute approximate surface area is 148 Å². The number of halogens is 2. The lowest BCUT2D eigenvalue weighted by Crippen LogP contribution is -2.14. The Balaban J connectivity index is 2.71. The first-order valence-corrected chi connectivity index (χ1v) is 9.54. The van der Waals surface area contributed by atoms with Gasteiger partial charge < -0.3 is 4.57 Å². The standard InChI is InChI=1S/C14H13Cl2N3O2S2/c1-8(2)12-13(16)19(3)14(22-12)18-23(20,21)11-6-10(15)5-4-9(11)7-17/h4-6,8H,1-3H3/b18-14+. The zero-order chi connectivity index (χ0) is 17.4. The van der Waals surface area contributed by atoms with Crippen LogP contribution in [0.2, 0.25) is 10.2 Å². The summed E-state index contributed by atoms with van der Waals surface area (Å²) in [6.45, 7) is 3.92. The van der Waals surface area contributed by atoms with E-state index in [1.807, 2.05) is 19.9 Å². The number of nitriles is 1. The Morgan fingerprint density at radius 2 is 2.00 bits per heavy atom. The van der Waals surface area contributed by atoms with Crippen LogP contribution in [0.15, 0.2) is 27.5 Å². The van der Waals surface area contributed by atoms with E-state index in [9.17, 15) is 8.42 Å². The molecule has 0 unspecified atom stereocenters. The van der Waals surface area contributed by atoms with E-state index < -0.39 is 10.0 Å². The summed E-state index contributed by atoms with van der Waals surface area (Å²) in [5, 5.41) is 9.76. The molecule has 0 saturated heterocycles. The van der Waals surface area contributed by atoms with Crippen LogP contribution >= 0.6 is 34.5 Å². The number of hydrogen-bond acceptors (Lipinski definition) is 4. The molecule has 9 heteroatoms. The second-order valence-corrected chi connectivity index (χ2v) is 8.45. The summed E-state index contributed by atoms with van der Waals surface area (Å²) in [6, 6.07) is 5.87. The first kappa shape index (κ1) is 18.0. The molecule has 2 rings (SSSR count). The number of benzene rings is 1. The van der Waals surface area contributed by atoms with Crippen LogP contribution in [0.4, 0.5) is 0 Å². The number of aromatic nitrogens is 1. The van der Waals surface area contributed by atoms with E-state index in [-0.39, 0.29) is 26.2 Å². The molecule has 0 radical (unpaired) electrons. The largest absolute Gasteiger partial charge is 0.310 e. The molecule has 1 aromatic heterocycles. The normalized spacial score (nSPS) is 12.7. The Kier molecular flexibility index (Phi) is 5.21. The van der Waals surface area contributed by atoms with Gasteiger partial charge in [0.2, 0.25) is 4.80 Å². The summed E-state index contributed by atoms with van der Waals surface area (Å²) in [5.41, 5.74) is -0.00691. The summed E-state index contributed by atoms with van der Waals surface area (Å²) in [7, 11) is -2.44. The fourth-order valence-corrected chi connectivity index (χ4v) is 4.97. The van der Waals surface area contributed by atoms with E-state index in [0.29, 0.717) is 5.15 Å². The van der Waals surface area contributed by atoms with Crippen LogP contribution in [0.5, 0.6) is 0 Å². The van der Waals surface area contributed by atoms with Gasteiger partial charge in [0.15, 0.2) is 0 Å². The van der Waals surface area contributed by atoms with Gasteiger partial charge in [-0.05, 0) is 24.1 Å². The first-order chi connectivity index (χ1) is 10.7. The fourth-order valence-electron chi connectivity index (χ4n) is 1.85. The number of rotatable bonds is 3. The van der Waals surface area contributed by atoms with Gasteiger partial charge in [0, 0.05) is 16.9 Å². The van der Waals surface area contributed by atoms with Crippen molar-refractivity contribution in [2.24, 2.45) is 11.4 Å². The molecule has 0 aliphatic heterocycles. The van der Waals surface area contributed by atoms with Crippen molar-refractivity contribution in [3.8, 4) is 6.07 Å². The van der Waals surface area contributed by atoms with Crippen LogP contribution in [-0.2, 0) is 17.1 Å². The van der Waals surface area contributed by atoms with Gasteiger partial charge in [0.1, 0.15) is 16.1 Å². The van der Waals surface area contributed by atoms with E-state index >= 15 is 0 Å². The molecule has 0 atom stereocenters. The highest BCUT2D eigenvalue weighted by Crippen LogP contribution is 2.27. The van der Waals surface area contributed by atoms with Crippen LogP contribution in [0, 0.1) is 11.3 Å². The van der Waals surface area contributed by atoms with Crippen LogP contribution in [-0.4, -0.2) is 13.0 Å². The monoisotopic (exact) mass is 389 g/mol. The third-order valence-electron chi connectivity index (χ3n) is 3.05. The molecular formula is C14H13Cl2N3O2S2. The average Bonchev–Trinajstić information content (AvgIpc) is 2.75. The van der Waals surface area contributed by atoms with Gasteiger partial charge in [0.25, 0.3) is 10.0 Å². The smallest absolute Gasteiger partial charge is 0.286 e. The lowest BCUT2D eigenvalue weighted by atomic mass is 10.2. The molecule has 0 bridgehead atoms. The van der Waals surface area contributed by atoms with Gasteiger partial charge >= 0.3 is 0 Å². The molecule has 1 aromatic carbocycles. The van der Waals surface area contributed by atoms with E-state index in [2.05, 4.69) is 4.40 Å². The van der Waals surface area contributed by atoms with Crippen molar-refractivity contribution in [1.82, 2.24) is 4.57 Å². The lowest BCUT2D eigenvalue weighted by molar-refractivity contribution is 0.595. The molecule has 122 valence electrons. The number of thiazole rings is 1. The molecule has 0 N–H and O–H groups in total. The summed E-state index contributed by atoms with van der Waals surface area (Å²) >= 11 is 13.3. The molecule has 23 heavy (non-hydrogen) atoms. The maximum atomic E-state index is 12.5. The number of nitrogens with zero attached hydrogens (tertiary/aromatic N) is 3. The molecule has 0 fully saturated rings. The highest BCUT2D eigenvalue weighted by molar-refractivity contribution is 7.90. The highest BCUT2D eigenvalue weighted by Gasteiger charge is 2.20. The van der Waals surface area contributed by atoms with Gasteiger partial charge in [-0.15, -0.1) is 4.40 Å². The van der Waals surface area contributed by atoms with E-state index in [0.717, 1.165) is 4.88 Å². The van der Waals surface area contributed by atoms with Crippen molar-refractivity contribution in [1.29, 1.82) is 5.26 Å². The van der Waals surface area contributed by atoms with Crippen molar-refractivity contribution >= 4 is 44.6 Å². The molecule has 0 saturated carbocycles. The Morgan fingerprint density at radius 3 is 2.52 bits per heavy atom. The third-order valence-corrected chi connectivity index (χ3v) is 6.71. The molecule has 0 spiro atoms. The maximum absolute atomic E-state index is 12.5. The van der Waals surface area contributed by atoms with Crippen molar-refractivity contribution in [3.63, 3.8) is 0 Å². The third kappa shape index (κ3) is 3.61. The van der Waals surface area contributed by atoms with Gasteiger partial charge in [0.05, 0.1) is 5.56 Å². The molecular weight excluding hydrogens is 377 g/mol. The minimum atomic E-state index is -4.08. The van der Waals surface area contributed by atoms with Crippen molar-refractivity contribution in [2.75, 3.05) is 0 Å².